The van der Waals surface area contributed by atoms with Crippen LogP contribution in [-0.2, 0) is 0 Å². The van der Waals surface area contributed by atoms with E-state index in [1.807, 2.05) is 24.4 Å². The first-order chi connectivity index (χ1) is 9.54. The average Bonchev–Trinajstić information content (AvgIpc) is 2.93. The highest BCUT2D eigenvalue weighted by molar-refractivity contribution is 7.22. The molecule has 0 aliphatic rings. The second-order valence-corrected chi connectivity index (χ2v) is 6.55. The molecule has 0 radical (unpaired) electrons. The minimum atomic E-state index is -0.236. The number of carbonyl (C=O) groups excluding carboxylic acids is 1. The number of benzene rings is 1. The van der Waals surface area contributed by atoms with E-state index in [1.165, 1.54) is 22.7 Å². The summed E-state index contributed by atoms with van der Waals surface area (Å²) < 4.78 is 0.939. The molecule has 0 saturated carbocycles. The predicted octanol–water partition coefficient (Wildman–Crippen LogP) is 4.15. The number of aryl methyl sites for hydroxylation is 1. The molecule has 1 amide bonds. The van der Waals surface area contributed by atoms with E-state index in [0.717, 1.165) is 15.8 Å². The lowest BCUT2D eigenvalue weighted by molar-refractivity contribution is 0.103. The Kier molecular flexibility index (Phi) is 3.37. The zero-order valence-electron chi connectivity index (χ0n) is 10.4. The molecule has 0 aliphatic carbocycles. The molecular weight excluding hydrogens is 314 g/mol. The van der Waals surface area contributed by atoms with Crippen LogP contribution in [0.4, 0.5) is 10.8 Å². The molecule has 4 nitrogen and oxygen atoms in total. The summed E-state index contributed by atoms with van der Waals surface area (Å²) in [6.45, 7) is 1.87. The number of anilines is 2. The lowest BCUT2D eigenvalue weighted by Gasteiger charge is -1.99. The van der Waals surface area contributed by atoms with Gasteiger partial charge in [-0.15, -0.1) is 11.3 Å². The third-order valence-corrected chi connectivity index (χ3v) is 5.37. The maximum Gasteiger partial charge on any atom is 0.269 e. The highest BCUT2D eigenvalue weighted by Crippen LogP contribution is 2.30. The monoisotopic (exact) mass is 323 g/mol. The number of hydrogen-bond donors (Lipinski definition) is 2. The number of amides is 1. The first kappa shape index (κ1) is 13.4. The molecule has 0 aliphatic heterocycles. The van der Waals surface area contributed by atoms with E-state index in [4.69, 9.17) is 17.3 Å². The van der Waals surface area contributed by atoms with Crippen LogP contribution < -0.4 is 11.1 Å². The molecule has 0 bridgehead atoms. The minimum absolute atomic E-state index is 0.236. The molecule has 2 aromatic heterocycles. The molecule has 0 fully saturated rings. The summed E-state index contributed by atoms with van der Waals surface area (Å²) in [6.07, 6.45) is 0. The Morgan fingerprint density at radius 3 is 2.95 bits per heavy atom. The number of nitrogens with zero attached hydrogens (tertiary/aromatic N) is 1. The van der Waals surface area contributed by atoms with Crippen molar-refractivity contribution in [3.8, 4) is 0 Å². The number of nitrogens with one attached hydrogen (secondary N) is 1. The van der Waals surface area contributed by atoms with E-state index in [0.29, 0.717) is 20.7 Å². The number of carbonyl (C=O) groups is 1. The Morgan fingerprint density at radius 1 is 1.45 bits per heavy atom. The van der Waals surface area contributed by atoms with Gasteiger partial charge in [-0.3, -0.25) is 10.1 Å². The molecule has 2 heterocycles. The molecule has 7 heteroatoms. The number of halogens is 1. The van der Waals surface area contributed by atoms with Crippen molar-refractivity contribution in [3.05, 3.63) is 39.0 Å². The number of thiophene rings is 1. The number of fused-ring (bicyclic) bond motifs is 1. The average molecular weight is 324 g/mol. The summed E-state index contributed by atoms with van der Waals surface area (Å²) in [5, 5.41) is 5.67. The number of aromatic nitrogens is 1. The summed E-state index contributed by atoms with van der Waals surface area (Å²) in [4.78, 5) is 17.0. The van der Waals surface area contributed by atoms with Gasteiger partial charge in [0.15, 0.2) is 5.13 Å². The fourth-order valence-electron chi connectivity index (χ4n) is 1.73. The van der Waals surface area contributed by atoms with Crippen LogP contribution in [0.3, 0.4) is 0 Å². The second kappa shape index (κ2) is 5.05. The largest absolute Gasteiger partial charge is 0.399 e. The fourth-order valence-corrected chi connectivity index (χ4v) is 3.81. The Balaban J connectivity index is 1.89. The second-order valence-electron chi connectivity index (χ2n) is 4.26. The Morgan fingerprint density at radius 2 is 2.25 bits per heavy atom. The first-order valence-electron chi connectivity index (χ1n) is 5.75. The van der Waals surface area contributed by atoms with Gasteiger partial charge in [0, 0.05) is 5.69 Å². The fraction of sp³-hybridized carbons (Fsp3) is 0.0769. The van der Waals surface area contributed by atoms with Gasteiger partial charge in [-0.2, -0.15) is 0 Å². The first-order valence-corrected chi connectivity index (χ1v) is 7.83. The quantitative estimate of drug-likeness (QED) is 0.696. The third-order valence-electron chi connectivity index (χ3n) is 2.74. The standard InChI is InChI=1S/C13H10ClN3OS2/c1-6-5-19-11(10(6)14)12(18)17-13-16-8-3-2-7(15)4-9(8)20-13/h2-5H,15H2,1H3,(H,16,17,18). The maximum absolute atomic E-state index is 12.1. The van der Waals surface area contributed by atoms with Crippen molar-refractivity contribution in [3.63, 3.8) is 0 Å². The number of nitrogen functional groups attached to an aromatic ring is 1. The van der Waals surface area contributed by atoms with Crippen LogP contribution in [0.2, 0.25) is 5.02 Å². The van der Waals surface area contributed by atoms with Crippen LogP contribution in [0.15, 0.2) is 23.6 Å². The zero-order valence-corrected chi connectivity index (χ0v) is 12.8. The van der Waals surface area contributed by atoms with Gasteiger partial charge in [0.2, 0.25) is 0 Å². The lowest BCUT2D eigenvalue weighted by atomic mass is 10.3. The summed E-state index contributed by atoms with van der Waals surface area (Å²) in [5.41, 5.74) is 8.12. The molecule has 0 atom stereocenters. The Hall–Kier alpha value is -1.63. The van der Waals surface area contributed by atoms with Crippen LogP contribution in [0, 0.1) is 6.92 Å². The molecule has 0 unspecified atom stereocenters. The van der Waals surface area contributed by atoms with E-state index >= 15 is 0 Å². The van der Waals surface area contributed by atoms with Crippen molar-refractivity contribution < 1.29 is 4.79 Å². The Bertz CT molecular complexity index is 809. The molecule has 0 saturated heterocycles. The highest BCUT2D eigenvalue weighted by atomic mass is 35.5. The van der Waals surface area contributed by atoms with Crippen molar-refractivity contribution >= 4 is 61.2 Å². The van der Waals surface area contributed by atoms with Crippen LogP contribution in [0.1, 0.15) is 15.2 Å². The Labute approximate surface area is 128 Å². The summed E-state index contributed by atoms with van der Waals surface area (Å²) in [5.74, 6) is -0.236. The topological polar surface area (TPSA) is 68.0 Å². The van der Waals surface area contributed by atoms with Crippen LogP contribution in [-0.4, -0.2) is 10.9 Å². The molecule has 3 aromatic rings. The summed E-state index contributed by atoms with van der Waals surface area (Å²) >= 11 is 8.80. The van der Waals surface area contributed by atoms with Gasteiger partial charge in [0.05, 0.1) is 15.2 Å². The molecule has 3 N–H and O–H groups in total. The smallest absolute Gasteiger partial charge is 0.269 e. The number of hydrogen-bond acceptors (Lipinski definition) is 5. The van der Waals surface area contributed by atoms with Crippen molar-refractivity contribution in [2.45, 2.75) is 6.92 Å². The molecule has 3 rings (SSSR count). The summed E-state index contributed by atoms with van der Waals surface area (Å²) in [7, 11) is 0. The van der Waals surface area contributed by atoms with Crippen LogP contribution in [0.25, 0.3) is 10.2 Å². The number of nitrogens with two attached hydrogens (primary N) is 1. The minimum Gasteiger partial charge on any atom is -0.399 e. The maximum atomic E-state index is 12.1. The van der Waals surface area contributed by atoms with Crippen LogP contribution in [0.5, 0.6) is 0 Å². The van der Waals surface area contributed by atoms with Crippen molar-refractivity contribution in [2.75, 3.05) is 11.1 Å². The van der Waals surface area contributed by atoms with E-state index in [-0.39, 0.29) is 5.91 Å². The lowest BCUT2D eigenvalue weighted by Crippen LogP contribution is -2.10. The molecule has 20 heavy (non-hydrogen) atoms. The molecule has 0 spiro atoms. The van der Waals surface area contributed by atoms with Gasteiger partial charge in [0.25, 0.3) is 5.91 Å². The van der Waals surface area contributed by atoms with Gasteiger partial charge in [-0.25, -0.2) is 4.98 Å². The van der Waals surface area contributed by atoms with Crippen molar-refractivity contribution in [1.82, 2.24) is 4.98 Å². The summed E-state index contributed by atoms with van der Waals surface area (Å²) in [6, 6.07) is 5.46. The molecular formula is C13H10ClN3OS2. The predicted molar refractivity (Wildman–Crippen MR) is 86.1 cm³/mol. The number of thiazole rings is 1. The van der Waals surface area contributed by atoms with Gasteiger partial charge >= 0.3 is 0 Å². The van der Waals surface area contributed by atoms with E-state index in [9.17, 15) is 4.79 Å². The molecule has 102 valence electrons. The molecule has 1 aromatic carbocycles. The van der Waals surface area contributed by atoms with Crippen molar-refractivity contribution in [2.24, 2.45) is 0 Å². The van der Waals surface area contributed by atoms with Crippen molar-refractivity contribution in [1.29, 1.82) is 0 Å². The van der Waals surface area contributed by atoms with Gasteiger partial charge in [-0.1, -0.05) is 22.9 Å². The highest BCUT2D eigenvalue weighted by Gasteiger charge is 2.16. The van der Waals surface area contributed by atoms with Gasteiger partial charge in [0.1, 0.15) is 4.88 Å². The van der Waals surface area contributed by atoms with Crippen LogP contribution >= 0.6 is 34.3 Å². The number of rotatable bonds is 2. The third kappa shape index (κ3) is 2.37. The van der Waals surface area contributed by atoms with E-state index in [2.05, 4.69) is 10.3 Å². The van der Waals surface area contributed by atoms with E-state index in [1.54, 1.807) is 6.07 Å². The van der Waals surface area contributed by atoms with Gasteiger partial charge < -0.3 is 5.73 Å². The van der Waals surface area contributed by atoms with E-state index < -0.39 is 0 Å². The zero-order chi connectivity index (χ0) is 14.3. The van der Waals surface area contributed by atoms with Gasteiger partial charge in [-0.05, 0) is 36.1 Å². The SMILES string of the molecule is Cc1csc(C(=O)Nc2nc3ccc(N)cc3s2)c1Cl. The normalized spacial score (nSPS) is 10.9.